The molecule has 0 aliphatic rings. The number of nitrogens with zero attached hydrogens (tertiary/aromatic N) is 1. The van der Waals surface area contributed by atoms with E-state index < -0.39 is 10.0 Å². The molecule has 0 aliphatic carbocycles. The summed E-state index contributed by atoms with van der Waals surface area (Å²) in [5.41, 5.74) is 2.32. The van der Waals surface area contributed by atoms with Crippen LogP contribution in [0.2, 0.25) is 0 Å². The zero-order valence-electron chi connectivity index (χ0n) is 16.4. The number of rotatable bonds is 7. The van der Waals surface area contributed by atoms with Gasteiger partial charge in [-0.3, -0.25) is 4.79 Å². The van der Waals surface area contributed by atoms with E-state index in [4.69, 9.17) is 0 Å². The standard InChI is InChI=1S/C20H27N3O3S/c1-14-11-12-18(13-19(14)21-16(3)24)27(25,26)22-15(2)20(23(4)5)17-9-7-6-8-10-17/h6-13,15,20,22H,1-5H3,(H,21,24)/t15-,20-/m1/s1. The average Bonchev–Trinajstić information content (AvgIpc) is 2.56. The molecule has 2 aromatic carbocycles. The largest absolute Gasteiger partial charge is 0.326 e. The molecule has 0 spiro atoms. The maximum Gasteiger partial charge on any atom is 0.240 e. The van der Waals surface area contributed by atoms with Crippen LogP contribution in [0.25, 0.3) is 0 Å². The summed E-state index contributed by atoms with van der Waals surface area (Å²) in [6, 6.07) is 14.0. The maximum atomic E-state index is 12.9. The fraction of sp³-hybridized carbons (Fsp3) is 0.350. The molecule has 0 bridgehead atoms. The van der Waals surface area contributed by atoms with Crippen LogP contribution in [0.1, 0.15) is 31.0 Å². The average molecular weight is 390 g/mol. The fourth-order valence-electron chi connectivity index (χ4n) is 3.15. The minimum absolute atomic E-state index is 0.120. The summed E-state index contributed by atoms with van der Waals surface area (Å²) in [7, 11) is 0.0907. The van der Waals surface area contributed by atoms with Gasteiger partial charge in [-0.1, -0.05) is 36.4 Å². The Morgan fingerprint density at radius 2 is 1.70 bits per heavy atom. The molecule has 0 unspecified atom stereocenters. The van der Waals surface area contributed by atoms with Crippen molar-refractivity contribution in [2.24, 2.45) is 0 Å². The molecule has 0 fully saturated rings. The smallest absolute Gasteiger partial charge is 0.240 e. The number of carbonyl (C=O) groups excluding carboxylic acids is 1. The van der Waals surface area contributed by atoms with E-state index in [9.17, 15) is 13.2 Å². The summed E-state index contributed by atoms with van der Waals surface area (Å²) in [6.45, 7) is 5.05. The number of hydrogen-bond acceptors (Lipinski definition) is 4. The first-order valence-corrected chi connectivity index (χ1v) is 10.2. The zero-order chi connectivity index (χ0) is 20.2. The molecule has 2 rings (SSSR count). The fourth-order valence-corrected chi connectivity index (χ4v) is 4.43. The van der Waals surface area contributed by atoms with Gasteiger partial charge in [0, 0.05) is 18.7 Å². The maximum absolute atomic E-state index is 12.9. The first kappa shape index (κ1) is 21.1. The molecule has 7 heteroatoms. The van der Waals surface area contributed by atoms with Gasteiger partial charge in [0.15, 0.2) is 0 Å². The van der Waals surface area contributed by atoms with Gasteiger partial charge in [0.2, 0.25) is 15.9 Å². The SMILES string of the molecule is CC(=O)Nc1cc(S(=O)(=O)N[C@H](C)[C@H](c2ccccc2)N(C)C)ccc1C. The molecule has 6 nitrogen and oxygen atoms in total. The third-order valence-electron chi connectivity index (χ3n) is 4.34. The summed E-state index contributed by atoms with van der Waals surface area (Å²) in [5, 5.41) is 2.67. The normalized spacial score (nSPS) is 14.0. The van der Waals surface area contributed by atoms with Gasteiger partial charge in [-0.2, -0.15) is 0 Å². The van der Waals surface area contributed by atoms with Crippen LogP contribution in [-0.4, -0.2) is 39.4 Å². The van der Waals surface area contributed by atoms with Crippen molar-refractivity contribution >= 4 is 21.6 Å². The van der Waals surface area contributed by atoms with E-state index in [0.717, 1.165) is 11.1 Å². The van der Waals surface area contributed by atoms with E-state index in [-0.39, 0.29) is 22.9 Å². The third kappa shape index (κ3) is 5.38. The molecule has 0 aromatic heterocycles. The second-order valence-corrected chi connectivity index (χ2v) is 8.60. The van der Waals surface area contributed by atoms with Gasteiger partial charge in [0.25, 0.3) is 0 Å². The number of carbonyl (C=O) groups is 1. The molecule has 2 atom stereocenters. The summed E-state index contributed by atoms with van der Waals surface area (Å²) in [6.07, 6.45) is 0. The lowest BCUT2D eigenvalue weighted by atomic mass is 10.0. The number of likely N-dealkylation sites (N-methyl/N-ethyl adjacent to an activating group) is 1. The second kappa shape index (κ2) is 8.65. The second-order valence-electron chi connectivity index (χ2n) is 6.89. The molecular weight excluding hydrogens is 362 g/mol. The topological polar surface area (TPSA) is 78.5 Å². The van der Waals surface area contributed by atoms with Crippen molar-refractivity contribution in [1.82, 2.24) is 9.62 Å². The summed E-state index contributed by atoms with van der Waals surface area (Å²) >= 11 is 0. The van der Waals surface area contributed by atoms with E-state index >= 15 is 0 Å². The highest BCUT2D eigenvalue weighted by Crippen LogP contribution is 2.25. The third-order valence-corrected chi connectivity index (χ3v) is 5.90. The van der Waals surface area contributed by atoms with Gasteiger partial charge in [0.05, 0.1) is 10.9 Å². The quantitative estimate of drug-likeness (QED) is 0.763. The van der Waals surface area contributed by atoms with Gasteiger partial charge in [-0.05, 0) is 51.2 Å². The van der Waals surface area contributed by atoms with Crippen molar-refractivity contribution < 1.29 is 13.2 Å². The highest BCUT2D eigenvalue weighted by Gasteiger charge is 2.26. The van der Waals surface area contributed by atoms with Crippen molar-refractivity contribution in [2.45, 2.75) is 37.8 Å². The summed E-state index contributed by atoms with van der Waals surface area (Å²) < 4.78 is 28.6. The number of sulfonamides is 1. The molecule has 2 N–H and O–H groups in total. The van der Waals surface area contributed by atoms with E-state index in [1.165, 1.54) is 13.0 Å². The molecule has 0 aliphatic heterocycles. The Balaban J connectivity index is 2.30. The van der Waals surface area contributed by atoms with Gasteiger partial charge in [-0.15, -0.1) is 0 Å². The van der Waals surface area contributed by atoms with Crippen LogP contribution in [0.3, 0.4) is 0 Å². The minimum atomic E-state index is -3.75. The molecule has 0 saturated carbocycles. The van der Waals surface area contributed by atoms with Crippen LogP contribution < -0.4 is 10.0 Å². The van der Waals surface area contributed by atoms with Gasteiger partial charge < -0.3 is 10.2 Å². The minimum Gasteiger partial charge on any atom is -0.326 e. The van der Waals surface area contributed by atoms with Crippen molar-refractivity contribution in [1.29, 1.82) is 0 Å². The molecule has 1 amide bonds. The Labute approximate surface area is 161 Å². The van der Waals surface area contributed by atoms with E-state index in [1.54, 1.807) is 12.1 Å². The van der Waals surface area contributed by atoms with Crippen LogP contribution in [0, 0.1) is 6.92 Å². The zero-order valence-corrected chi connectivity index (χ0v) is 17.2. The molecule has 0 radical (unpaired) electrons. The molecule has 27 heavy (non-hydrogen) atoms. The molecule has 0 heterocycles. The Hall–Kier alpha value is -2.22. The van der Waals surface area contributed by atoms with Crippen LogP contribution in [-0.2, 0) is 14.8 Å². The van der Waals surface area contributed by atoms with Crippen LogP contribution in [0.15, 0.2) is 53.4 Å². The Kier molecular flexibility index (Phi) is 6.75. The highest BCUT2D eigenvalue weighted by molar-refractivity contribution is 7.89. The Bertz CT molecular complexity index is 896. The van der Waals surface area contributed by atoms with Crippen molar-refractivity contribution in [2.75, 3.05) is 19.4 Å². The number of amides is 1. The molecular formula is C20H27N3O3S. The highest BCUT2D eigenvalue weighted by atomic mass is 32.2. The number of aryl methyl sites for hydroxylation is 1. The number of benzene rings is 2. The lowest BCUT2D eigenvalue weighted by molar-refractivity contribution is -0.114. The van der Waals surface area contributed by atoms with Gasteiger partial charge in [-0.25, -0.2) is 13.1 Å². The molecule has 2 aromatic rings. The number of nitrogens with one attached hydrogen (secondary N) is 2. The number of hydrogen-bond donors (Lipinski definition) is 2. The van der Waals surface area contributed by atoms with Crippen molar-refractivity contribution in [3.05, 3.63) is 59.7 Å². The van der Waals surface area contributed by atoms with Gasteiger partial charge in [0.1, 0.15) is 0 Å². The van der Waals surface area contributed by atoms with Crippen LogP contribution in [0.4, 0.5) is 5.69 Å². The lowest BCUT2D eigenvalue weighted by Crippen LogP contribution is -2.42. The predicted molar refractivity (Wildman–Crippen MR) is 108 cm³/mol. The summed E-state index contributed by atoms with van der Waals surface area (Å²) in [5.74, 6) is -0.245. The van der Waals surface area contributed by atoms with E-state index in [2.05, 4.69) is 10.0 Å². The van der Waals surface area contributed by atoms with Crippen LogP contribution >= 0.6 is 0 Å². The first-order valence-electron chi connectivity index (χ1n) is 8.74. The predicted octanol–water partition coefficient (Wildman–Crippen LogP) is 2.92. The summed E-state index contributed by atoms with van der Waals surface area (Å²) in [4.78, 5) is 13.4. The first-order chi connectivity index (χ1) is 12.6. The van der Waals surface area contributed by atoms with E-state index in [1.807, 2.05) is 63.2 Å². The lowest BCUT2D eigenvalue weighted by Gasteiger charge is -2.31. The van der Waals surface area contributed by atoms with Crippen LogP contribution in [0.5, 0.6) is 0 Å². The van der Waals surface area contributed by atoms with Gasteiger partial charge >= 0.3 is 0 Å². The van der Waals surface area contributed by atoms with Crippen molar-refractivity contribution in [3.63, 3.8) is 0 Å². The van der Waals surface area contributed by atoms with E-state index in [0.29, 0.717) is 5.69 Å². The monoisotopic (exact) mass is 389 g/mol. The molecule has 0 saturated heterocycles. The van der Waals surface area contributed by atoms with Crippen molar-refractivity contribution in [3.8, 4) is 0 Å². The Morgan fingerprint density at radius 3 is 2.26 bits per heavy atom. The Morgan fingerprint density at radius 1 is 1.07 bits per heavy atom. The molecule has 146 valence electrons. The number of anilines is 1.